The summed E-state index contributed by atoms with van der Waals surface area (Å²) >= 11 is 0. The summed E-state index contributed by atoms with van der Waals surface area (Å²) in [6.07, 6.45) is 0.815. The van der Waals surface area contributed by atoms with E-state index in [0.29, 0.717) is 0 Å². The van der Waals surface area contributed by atoms with E-state index >= 15 is 0 Å². The van der Waals surface area contributed by atoms with Crippen molar-refractivity contribution in [1.29, 1.82) is 0 Å². The molecule has 1 fully saturated rings. The summed E-state index contributed by atoms with van der Waals surface area (Å²) in [5.41, 5.74) is 1.00. The molecule has 0 saturated carbocycles. The molecule has 2 heterocycles. The second-order valence-electron chi connectivity index (χ2n) is 5.10. The third kappa shape index (κ3) is 1.66. The van der Waals surface area contributed by atoms with Crippen LogP contribution in [-0.4, -0.2) is 33.7 Å². The van der Waals surface area contributed by atoms with Crippen molar-refractivity contribution < 1.29 is 9.31 Å². The molecule has 1 saturated heterocycles. The van der Waals surface area contributed by atoms with Crippen molar-refractivity contribution in [3.63, 3.8) is 0 Å². The van der Waals surface area contributed by atoms with Crippen molar-refractivity contribution in [3.8, 4) is 0 Å². The van der Waals surface area contributed by atoms with E-state index in [9.17, 15) is 0 Å². The van der Waals surface area contributed by atoms with Crippen molar-refractivity contribution in [2.45, 2.75) is 52.2 Å². The van der Waals surface area contributed by atoms with Crippen molar-refractivity contribution in [3.05, 3.63) is 5.69 Å². The zero-order chi connectivity index (χ0) is 12.0. The molecule has 1 aliphatic rings. The summed E-state index contributed by atoms with van der Waals surface area (Å²) in [4.78, 5) is 0. The number of aryl methyl sites for hydroxylation is 1. The average Bonchev–Trinajstić information content (AvgIpc) is 2.69. The molecule has 1 aliphatic heterocycles. The first-order valence-electron chi connectivity index (χ1n) is 5.62. The monoisotopic (exact) mass is 223 g/mol. The van der Waals surface area contributed by atoms with E-state index in [1.807, 2.05) is 34.6 Å². The second kappa shape index (κ2) is 3.57. The van der Waals surface area contributed by atoms with Crippen molar-refractivity contribution in [2.24, 2.45) is 0 Å². The van der Waals surface area contributed by atoms with Crippen LogP contribution in [0.25, 0.3) is 0 Å². The second-order valence-corrected chi connectivity index (χ2v) is 5.10. The van der Waals surface area contributed by atoms with Crippen LogP contribution >= 0.6 is 0 Å². The van der Waals surface area contributed by atoms with Crippen LogP contribution in [0.1, 0.15) is 40.3 Å². The number of H-pyrrole nitrogens is 1. The third-order valence-electron chi connectivity index (χ3n) is 3.46. The standard InChI is InChI=1S/C10H18BN3O2/c1-6-7-8(13-14-12-7)11-15-9(2,3)10(4,5)16-11/h6H2,1-5H3,(H,12,13,14). The Morgan fingerprint density at radius 3 is 2.19 bits per heavy atom. The predicted molar refractivity (Wildman–Crippen MR) is 61.5 cm³/mol. The number of nitrogens with zero attached hydrogens (tertiary/aromatic N) is 2. The Bertz CT molecular complexity index is 373. The summed E-state index contributed by atoms with van der Waals surface area (Å²) < 4.78 is 11.8. The summed E-state index contributed by atoms with van der Waals surface area (Å²) in [6.45, 7) is 10.1. The Morgan fingerprint density at radius 1 is 1.12 bits per heavy atom. The topological polar surface area (TPSA) is 60.0 Å². The third-order valence-corrected chi connectivity index (χ3v) is 3.46. The van der Waals surface area contributed by atoms with E-state index in [4.69, 9.17) is 9.31 Å². The zero-order valence-corrected chi connectivity index (χ0v) is 10.5. The van der Waals surface area contributed by atoms with Crippen LogP contribution in [0.3, 0.4) is 0 Å². The summed E-state index contributed by atoms with van der Waals surface area (Å²) in [6, 6.07) is 0. The normalized spacial score (nSPS) is 22.7. The lowest BCUT2D eigenvalue weighted by Gasteiger charge is -2.32. The van der Waals surface area contributed by atoms with Gasteiger partial charge >= 0.3 is 7.12 Å². The van der Waals surface area contributed by atoms with Gasteiger partial charge in [-0.15, -0.1) is 0 Å². The molecule has 0 atom stereocenters. The van der Waals surface area contributed by atoms with E-state index in [1.54, 1.807) is 0 Å². The van der Waals surface area contributed by atoms with E-state index in [0.717, 1.165) is 17.7 Å². The highest BCUT2D eigenvalue weighted by atomic mass is 16.7. The van der Waals surface area contributed by atoms with Gasteiger partial charge in [-0.2, -0.15) is 15.4 Å². The number of rotatable bonds is 2. The highest BCUT2D eigenvalue weighted by Gasteiger charge is 2.53. The van der Waals surface area contributed by atoms with Crippen LogP contribution in [-0.2, 0) is 15.7 Å². The summed E-state index contributed by atoms with van der Waals surface area (Å²) in [7, 11) is -0.418. The smallest absolute Gasteiger partial charge is 0.398 e. The maximum absolute atomic E-state index is 5.91. The van der Waals surface area contributed by atoms with Crippen LogP contribution in [0.5, 0.6) is 0 Å². The molecule has 1 aromatic rings. The van der Waals surface area contributed by atoms with Crippen LogP contribution in [0.4, 0.5) is 0 Å². The molecule has 0 amide bonds. The number of aromatic nitrogens is 3. The molecular formula is C10H18BN3O2. The van der Waals surface area contributed by atoms with Gasteiger partial charge in [-0.05, 0) is 34.1 Å². The molecule has 2 rings (SSSR count). The minimum absolute atomic E-state index is 0.332. The molecule has 0 unspecified atom stereocenters. The van der Waals surface area contributed by atoms with E-state index < -0.39 is 7.12 Å². The Kier molecular flexibility index (Phi) is 2.59. The summed E-state index contributed by atoms with van der Waals surface area (Å²) in [5.74, 6) is 0. The zero-order valence-electron chi connectivity index (χ0n) is 10.5. The highest BCUT2D eigenvalue weighted by Crippen LogP contribution is 2.36. The molecule has 0 aromatic carbocycles. The van der Waals surface area contributed by atoms with Crippen molar-refractivity contribution in [2.75, 3.05) is 0 Å². The fraction of sp³-hybridized carbons (Fsp3) is 0.800. The van der Waals surface area contributed by atoms with Gasteiger partial charge < -0.3 is 9.31 Å². The molecule has 1 N–H and O–H groups in total. The number of aromatic amines is 1. The van der Waals surface area contributed by atoms with Gasteiger partial charge in [0.2, 0.25) is 0 Å². The highest BCUT2D eigenvalue weighted by molar-refractivity contribution is 6.61. The molecule has 0 radical (unpaired) electrons. The maximum atomic E-state index is 5.91. The SMILES string of the molecule is CCc1n[nH]nc1B1OC(C)(C)C(C)(C)O1. The predicted octanol–water partition coefficient (Wildman–Crippen LogP) is 0.666. The van der Waals surface area contributed by atoms with Gasteiger partial charge in [0.1, 0.15) is 5.59 Å². The number of nitrogens with one attached hydrogen (secondary N) is 1. The van der Waals surface area contributed by atoms with E-state index in [1.165, 1.54) is 0 Å². The summed E-state index contributed by atoms with van der Waals surface area (Å²) in [5, 5.41) is 10.8. The van der Waals surface area contributed by atoms with Gasteiger partial charge in [-0.25, -0.2) is 0 Å². The number of hydrogen-bond acceptors (Lipinski definition) is 4. The van der Waals surface area contributed by atoms with Crippen LogP contribution < -0.4 is 5.59 Å². The molecular weight excluding hydrogens is 205 g/mol. The average molecular weight is 223 g/mol. The number of hydrogen-bond donors (Lipinski definition) is 1. The molecule has 5 nitrogen and oxygen atoms in total. The van der Waals surface area contributed by atoms with Crippen LogP contribution in [0.2, 0.25) is 0 Å². The fourth-order valence-corrected chi connectivity index (χ4v) is 1.66. The van der Waals surface area contributed by atoms with Gasteiger partial charge in [0.05, 0.1) is 16.9 Å². The maximum Gasteiger partial charge on any atom is 0.518 e. The van der Waals surface area contributed by atoms with Gasteiger partial charge in [0.15, 0.2) is 0 Å². The Balaban J connectivity index is 2.27. The molecule has 0 bridgehead atoms. The first-order valence-corrected chi connectivity index (χ1v) is 5.62. The Morgan fingerprint density at radius 2 is 1.69 bits per heavy atom. The first kappa shape index (κ1) is 11.6. The lowest BCUT2D eigenvalue weighted by molar-refractivity contribution is 0.00578. The van der Waals surface area contributed by atoms with Crippen molar-refractivity contribution in [1.82, 2.24) is 15.4 Å². The lowest BCUT2D eigenvalue weighted by atomic mass is 9.83. The molecule has 6 heteroatoms. The van der Waals surface area contributed by atoms with E-state index in [-0.39, 0.29) is 11.2 Å². The quantitative estimate of drug-likeness (QED) is 0.748. The lowest BCUT2D eigenvalue weighted by Crippen LogP contribution is -2.41. The minimum Gasteiger partial charge on any atom is -0.398 e. The van der Waals surface area contributed by atoms with Gasteiger partial charge in [-0.1, -0.05) is 6.92 Å². The molecule has 16 heavy (non-hydrogen) atoms. The Labute approximate surface area is 96.1 Å². The van der Waals surface area contributed by atoms with Crippen molar-refractivity contribution >= 4 is 12.7 Å². The van der Waals surface area contributed by atoms with E-state index in [2.05, 4.69) is 15.4 Å². The fourth-order valence-electron chi connectivity index (χ4n) is 1.66. The first-order chi connectivity index (χ1) is 7.37. The van der Waals surface area contributed by atoms with Crippen LogP contribution in [0, 0.1) is 0 Å². The molecule has 1 aromatic heterocycles. The van der Waals surface area contributed by atoms with Crippen LogP contribution in [0.15, 0.2) is 0 Å². The largest absolute Gasteiger partial charge is 0.518 e. The molecule has 0 aliphatic carbocycles. The minimum atomic E-state index is -0.418. The van der Waals surface area contributed by atoms with Gasteiger partial charge in [-0.3, -0.25) is 0 Å². The Hall–Kier alpha value is -0.875. The molecule has 0 spiro atoms. The van der Waals surface area contributed by atoms with Gasteiger partial charge in [0.25, 0.3) is 0 Å². The van der Waals surface area contributed by atoms with Gasteiger partial charge in [0, 0.05) is 0 Å². The molecule has 88 valence electrons.